The Labute approximate surface area is 102 Å². The maximum Gasteiger partial charge on any atom is 0.270 e. The predicted molar refractivity (Wildman–Crippen MR) is 72.6 cm³/mol. The number of hydrogen-bond donors (Lipinski definition) is 1. The van der Waals surface area contributed by atoms with Crippen LogP contribution in [-0.2, 0) is 9.49 Å². The lowest BCUT2D eigenvalue weighted by Gasteiger charge is -2.02. The van der Waals surface area contributed by atoms with Crippen molar-refractivity contribution in [1.29, 1.82) is 0 Å². The molecule has 2 nitrogen and oxygen atoms in total. The van der Waals surface area contributed by atoms with E-state index in [0.29, 0.717) is 0 Å². The molecule has 1 aromatic rings. The van der Waals surface area contributed by atoms with E-state index in [2.05, 4.69) is 22.6 Å². The normalized spacial score (nSPS) is 10.2. The maximum atomic E-state index is 10.4. The Bertz CT molecular complexity index is 284. The predicted octanol–water partition coefficient (Wildman–Crippen LogP) is 4.45. The SMILES string of the molecule is CCCCCCc1ccc(NI=O)cc1. The Balaban J connectivity index is 2.32. The van der Waals surface area contributed by atoms with Crippen molar-refractivity contribution in [3.63, 3.8) is 0 Å². The summed E-state index contributed by atoms with van der Waals surface area (Å²) in [6, 6.07) is 8.25. The molecule has 0 spiro atoms. The van der Waals surface area contributed by atoms with Gasteiger partial charge in [0.15, 0.2) is 0 Å². The van der Waals surface area contributed by atoms with E-state index in [1.54, 1.807) is 0 Å². The molecule has 15 heavy (non-hydrogen) atoms. The molecule has 0 amide bonds. The van der Waals surface area contributed by atoms with Gasteiger partial charge in [-0.2, -0.15) is 0 Å². The van der Waals surface area contributed by atoms with E-state index < -0.39 is 21.5 Å². The third-order valence-corrected chi connectivity index (χ3v) is 3.26. The molecular formula is C12H18INO. The number of rotatable bonds is 7. The first kappa shape index (κ1) is 12.6. The number of benzene rings is 1. The fourth-order valence-electron chi connectivity index (χ4n) is 1.53. The van der Waals surface area contributed by atoms with Gasteiger partial charge in [0.25, 0.3) is 21.5 Å². The number of unbranched alkanes of at least 4 members (excludes halogenated alkanes) is 3. The van der Waals surface area contributed by atoms with Crippen LogP contribution in [0.25, 0.3) is 0 Å². The van der Waals surface area contributed by atoms with Crippen molar-refractivity contribution in [2.75, 3.05) is 3.53 Å². The van der Waals surface area contributed by atoms with E-state index in [-0.39, 0.29) is 0 Å². The number of aryl methyl sites for hydroxylation is 1. The summed E-state index contributed by atoms with van der Waals surface area (Å²) in [5, 5.41) is 0. The van der Waals surface area contributed by atoms with Gasteiger partial charge in [0.05, 0.1) is 0 Å². The summed E-state index contributed by atoms with van der Waals surface area (Å²) in [4.78, 5) is 0. The van der Waals surface area contributed by atoms with Gasteiger partial charge >= 0.3 is 0 Å². The number of halogens is 1. The van der Waals surface area contributed by atoms with Crippen LogP contribution in [0.2, 0.25) is 0 Å². The minimum atomic E-state index is -1.10. The first-order chi connectivity index (χ1) is 7.36. The fraction of sp³-hybridized carbons (Fsp3) is 0.500. The van der Waals surface area contributed by atoms with E-state index >= 15 is 0 Å². The van der Waals surface area contributed by atoms with Crippen LogP contribution in [0.15, 0.2) is 24.3 Å². The molecule has 0 bridgehead atoms. The molecule has 0 aliphatic heterocycles. The summed E-state index contributed by atoms with van der Waals surface area (Å²) in [7, 11) is 0. The highest BCUT2D eigenvalue weighted by Crippen LogP contribution is 2.14. The Morgan fingerprint density at radius 3 is 2.47 bits per heavy atom. The molecule has 0 saturated heterocycles. The zero-order valence-corrected chi connectivity index (χ0v) is 11.3. The molecule has 3 heteroatoms. The third kappa shape index (κ3) is 5.25. The first-order valence-electron chi connectivity index (χ1n) is 5.48. The second-order valence-corrected chi connectivity index (χ2v) is 4.66. The quantitative estimate of drug-likeness (QED) is 0.457. The first-order valence-corrected chi connectivity index (χ1v) is 7.43. The van der Waals surface area contributed by atoms with E-state index in [1.165, 1.54) is 31.2 Å². The van der Waals surface area contributed by atoms with Crippen LogP contribution in [0.5, 0.6) is 0 Å². The average molecular weight is 319 g/mol. The van der Waals surface area contributed by atoms with Crippen molar-refractivity contribution in [2.24, 2.45) is 0 Å². The van der Waals surface area contributed by atoms with Crippen molar-refractivity contribution < 1.29 is 3.07 Å². The van der Waals surface area contributed by atoms with Crippen LogP contribution in [0.4, 0.5) is 5.69 Å². The van der Waals surface area contributed by atoms with Gasteiger partial charge in [-0.1, -0.05) is 38.3 Å². The van der Waals surface area contributed by atoms with Gasteiger partial charge in [0.1, 0.15) is 0 Å². The standard InChI is InChI=1S/C12H18INO/c1-2-3-4-5-6-11-7-9-12(10-8-11)14-13-15/h7-10H,2-6H2,1H3,(H,14,15). The highest BCUT2D eigenvalue weighted by molar-refractivity contribution is 14.1. The molecule has 0 fully saturated rings. The van der Waals surface area contributed by atoms with Gasteiger partial charge in [-0.15, -0.1) is 0 Å². The molecule has 0 aliphatic carbocycles. The minimum absolute atomic E-state index is 0.968. The van der Waals surface area contributed by atoms with Gasteiger partial charge < -0.3 is 3.53 Å². The van der Waals surface area contributed by atoms with Gasteiger partial charge in [0, 0.05) is 5.69 Å². The Morgan fingerprint density at radius 2 is 1.87 bits per heavy atom. The van der Waals surface area contributed by atoms with Crippen LogP contribution in [0.3, 0.4) is 0 Å². The Kier molecular flexibility index (Phi) is 6.55. The molecule has 1 rings (SSSR count). The monoisotopic (exact) mass is 319 g/mol. The molecule has 0 atom stereocenters. The fourth-order valence-corrected chi connectivity index (χ4v) is 2.15. The molecule has 1 N–H and O–H groups in total. The number of hydrogen-bond acceptors (Lipinski definition) is 1. The summed E-state index contributed by atoms with van der Waals surface area (Å²) in [6.45, 7) is 2.23. The topological polar surface area (TPSA) is 29.1 Å². The van der Waals surface area contributed by atoms with Crippen LogP contribution in [-0.4, -0.2) is 0 Å². The minimum Gasteiger partial charge on any atom is -0.302 e. The second-order valence-electron chi connectivity index (χ2n) is 3.68. The highest BCUT2D eigenvalue weighted by atomic mass is 127. The molecule has 0 saturated carbocycles. The summed E-state index contributed by atoms with van der Waals surface area (Å²) < 4.78 is 13.3. The van der Waals surface area contributed by atoms with Crippen molar-refractivity contribution in [3.8, 4) is 0 Å². The maximum absolute atomic E-state index is 10.4. The van der Waals surface area contributed by atoms with Gasteiger partial charge in [-0.05, 0) is 30.5 Å². The van der Waals surface area contributed by atoms with E-state index in [1.807, 2.05) is 12.1 Å². The van der Waals surface area contributed by atoms with Crippen molar-refractivity contribution >= 4 is 27.2 Å². The van der Waals surface area contributed by atoms with Crippen molar-refractivity contribution in [1.82, 2.24) is 0 Å². The number of nitrogens with one attached hydrogen (secondary N) is 1. The third-order valence-electron chi connectivity index (χ3n) is 2.42. The lowest BCUT2D eigenvalue weighted by Crippen LogP contribution is -1.86. The largest absolute Gasteiger partial charge is 0.302 e. The van der Waals surface area contributed by atoms with Crippen LogP contribution >= 0.6 is 21.5 Å². The number of anilines is 1. The zero-order chi connectivity index (χ0) is 10.9. The Hall–Kier alpha value is -0.450. The van der Waals surface area contributed by atoms with E-state index in [0.717, 1.165) is 12.1 Å². The van der Waals surface area contributed by atoms with Crippen LogP contribution in [0, 0.1) is 0 Å². The van der Waals surface area contributed by atoms with Gasteiger partial charge in [0.2, 0.25) is 0 Å². The molecule has 0 heterocycles. The van der Waals surface area contributed by atoms with Crippen molar-refractivity contribution in [3.05, 3.63) is 29.8 Å². The molecule has 0 aromatic heterocycles. The van der Waals surface area contributed by atoms with Gasteiger partial charge in [-0.25, -0.2) is 3.07 Å². The average Bonchev–Trinajstić information content (AvgIpc) is 2.27. The molecular weight excluding hydrogens is 301 g/mol. The van der Waals surface area contributed by atoms with E-state index in [4.69, 9.17) is 0 Å². The summed E-state index contributed by atoms with van der Waals surface area (Å²) >= 11 is -1.10. The lowest BCUT2D eigenvalue weighted by molar-refractivity contribution is 0.648. The molecule has 0 aliphatic rings. The summed E-state index contributed by atoms with van der Waals surface area (Å²) in [5.41, 5.74) is 2.34. The highest BCUT2D eigenvalue weighted by Gasteiger charge is 1.94. The summed E-state index contributed by atoms with van der Waals surface area (Å²) in [6.07, 6.45) is 6.38. The molecule has 1 aromatic carbocycles. The summed E-state index contributed by atoms with van der Waals surface area (Å²) in [5.74, 6) is 0. The van der Waals surface area contributed by atoms with Crippen molar-refractivity contribution in [2.45, 2.75) is 39.0 Å². The van der Waals surface area contributed by atoms with E-state index in [9.17, 15) is 3.07 Å². The second kappa shape index (κ2) is 7.79. The molecule has 0 radical (unpaired) electrons. The Morgan fingerprint density at radius 1 is 1.13 bits per heavy atom. The zero-order valence-electron chi connectivity index (χ0n) is 9.13. The van der Waals surface area contributed by atoms with Crippen LogP contribution < -0.4 is 3.53 Å². The van der Waals surface area contributed by atoms with Gasteiger partial charge in [-0.3, -0.25) is 0 Å². The lowest BCUT2D eigenvalue weighted by atomic mass is 10.1. The molecule has 84 valence electrons. The smallest absolute Gasteiger partial charge is 0.270 e. The molecule has 0 unspecified atom stereocenters. The van der Waals surface area contributed by atoms with Crippen LogP contribution in [0.1, 0.15) is 38.2 Å².